The number of rotatable bonds is 5. The quantitative estimate of drug-likeness (QED) is 0.697. The molecule has 0 aliphatic carbocycles. The number of para-hydroxylation sites is 2. The number of carbonyl (C=O) groups is 1. The molecule has 2 heterocycles. The Morgan fingerprint density at radius 1 is 1.10 bits per heavy atom. The van der Waals surface area contributed by atoms with Gasteiger partial charge in [-0.15, -0.1) is 4.40 Å². The molecular weight excluding hydrogens is 418 g/mol. The van der Waals surface area contributed by atoms with Crippen LogP contribution in [0.3, 0.4) is 0 Å². The molecule has 0 atom stereocenters. The maximum atomic E-state index is 13.0. The van der Waals surface area contributed by atoms with Gasteiger partial charge in [0.1, 0.15) is 4.90 Å². The molecule has 0 N–H and O–H groups in total. The molecule has 0 fully saturated rings. The van der Waals surface area contributed by atoms with Gasteiger partial charge in [0.2, 0.25) is 5.91 Å². The van der Waals surface area contributed by atoms with Crippen LogP contribution in [-0.2, 0) is 21.2 Å². The summed E-state index contributed by atoms with van der Waals surface area (Å²) in [4.78, 5) is 17.0. The second-order valence-electron chi connectivity index (χ2n) is 7.39. The summed E-state index contributed by atoms with van der Waals surface area (Å²) < 4.78 is 29.4. The number of aryl methyl sites for hydroxylation is 1. The highest BCUT2D eigenvalue weighted by Crippen LogP contribution is 2.35. The predicted molar refractivity (Wildman–Crippen MR) is 123 cm³/mol. The number of thioether (sulfide) groups is 1. The Hall–Kier alpha value is -2.32. The van der Waals surface area contributed by atoms with Crippen LogP contribution in [0, 0.1) is 0 Å². The molecule has 4 rings (SSSR count). The van der Waals surface area contributed by atoms with Crippen molar-refractivity contribution in [2.45, 2.75) is 37.5 Å². The zero-order valence-corrected chi connectivity index (χ0v) is 18.6. The highest BCUT2D eigenvalue weighted by atomic mass is 32.2. The minimum Gasteiger partial charge on any atom is -0.319 e. The molecule has 158 valence electrons. The van der Waals surface area contributed by atoms with Gasteiger partial charge in [-0.3, -0.25) is 4.79 Å². The minimum absolute atomic E-state index is 0.0263. The number of amides is 1. The molecule has 0 radical (unpaired) electrons. The van der Waals surface area contributed by atoms with Crippen molar-refractivity contribution >= 4 is 44.2 Å². The maximum absolute atomic E-state index is 13.0. The van der Waals surface area contributed by atoms with Crippen molar-refractivity contribution in [2.24, 2.45) is 4.40 Å². The van der Waals surface area contributed by atoms with E-state index in [1.165, 1.54) is 17.3 Å². The number of hydrogen-bond donors (Lipinski definition) is 0. The van der Waals surface area contributed by atoms with Crippen molar-refractivity contribution in [2.75, 3.05) is 28.6 Å². The Balaban J connectivity index is 1.56. The Bertz CT molecular complexity index is 1080. The van der Waals surface area contributed by atoms with Crippen LogP contribution in [0.15, 0.2) is 57.8 Å². The fourth-order valence-corrected chi connectivity index (χ4v) is 6.19. The smallest absolute Gasteiger partial charge is 0.286 e. The van der Waals surface area contributed by atoms with Crippen molar-refractivity contribution in [3.63, 3.8) is 0 Å². The van der Waals surface area contributed by atoms with Gasteiger partial charge in [-0.2, -0.15) is 8.42 Å². The number of carbonyl (C=O) groups excluding carboxylic acids is 1. The largest absolute Gasteiger partial charge is 0.319 e. The van der Waals surface area contributed by atoms with Crippen LogP contribution in [0.1, 0.15) is 31.7 Å². The molecule has 0 aromatic heterocycles. The summed E-state index contributed by atoms with van der Waals surface area (Å²) in [6.07, 6.45) is 3.78. The van der Waals surface area contributed by atoms with E-state index in [2.05, 4.69) is 17.4 Å². The SMILES string of the molecule is CCCCN1C(SCC(=O)N2CCCc3ccccc32)=NS(=O)(=O)c2ccccc21. The van der Waals surface area contributed by atoms with Crippen molar-refractivity contribution in [1.82, 2.24) is 0 Å². The maximum Gasteiger partial charge on any atom is 0.286 e. The first kappa shape index (κ1) is 20.9. The van der Waals surface area contributed by atoms with E-state index in [1.807, 2.05) is 34.1 Å². The Morgan fingerprint density at radius 2 is 1.83 bits per heavy atom. The highest BCUT2D eigenvalue weighted by molar-refractivity contribution is 8.15. The fourth-order valence-electron chi connectivity index (χ4n) is 3.84. The Morgan fingerprint density at radius 3 is 2.63 bits per heavy atom. The number of amidine groups is 1. The number of fused-ring (bicyclic) bond motifs is 2. The molecule has 2 aromatic rings. The minimum atomic E-state index is -3.77. The molecule has 1 amide bonds. The molecule has 0 spiro atoms. The van der Waals surface area contributed by atoms with Gasteiger partial charge in [-0.25, -0.2) is 0 Å². The average molecular weight is 444 g/mol. The van der Waals surface area contributed by atoms with E-state index in [0.29, 0.717) is 23.9 Å². The molecule has 0 bridgehead atoms. The van der Waals surface area contributed by atoms with E-state index in [4.69, 9.17) is 0 Å². The second-order valence-corrected chi connectivity index (χ2v) is 9.90. The van der Waals surface area contributed by atoms with E-state index in [1.54, 1.807) is 18.2 Å². The van der Waals surface area contributed by atoms with E-state index < -0.39 is 10.0 Å². The molecule has 30 heavy (non-hydrogen) atoms. The number of sulfonamides is 1. The van der Waals surface area contributed by atoms with Gasteiger partial charge in [-0.1, -0.05) is 55.4 Å². The van der Waals surface area contributed by atoms with Gasteiger partial charge < -0.3 is 9.80 Å². The third-order valence-electron chi connectivity index (χ3n) is 5.33. The summed E-state index contributed by atoms with van der Waals surface area (Å²) in [7, 11) is -3.77. The summed E-state index contributed by atoms with van der Waals surface area (Å²) in [6.45, 7) is 3.44. The summed E-state index contributed by atoms with van der Waals surface area (Å²) in [5, 5.41) is 0.376. The first-order valence-corrected chi connectivity index (χ1v) is 12.7. The lowest BCUT2D eigenvalue weighted by atomic mass is 10.0. The number of hydrogen-bond acceptors (Lipinski definition) is 5. The van der Waals surface area contributed by atoms with Crippen molar-refractivity contribution in [3.05, 3.63) is 54.1 Å². The lowest BCUT2D eigenvalue weighted by molar-refractivity contribution is -0.116. The average Bonchev–Trinajstić information content (AvgIpc) is 2.76. The van der Waals surface area contributed by atoms with Crippen molar-refractivity contribution in [1.29, 1.82) is 0 Å². The third-order valence-corrected chi connectivity index (χ3v) is 7.73. The van der Waals surface area contributed by atoms with E-state index in [-0.39, 0.29) is 16.6 Å². The molecule has 0 saturated heterocycles. The number of unbranched alkanes of at least 4 members (excludes halogenated alkanes) is 1. The van der Waals surface area contributed by atoms with Crippen LogP contribution in [0.25, 0.3) is 0 Å². The number of anilines is 2. The molecule has 2 aliphatic rings. The molecular formula is C22H25N3O3S2. The zero-order valence-electron chi connectivity index (χ0n) is 17.0. The molecule has 0 unspecified atom stereocenters. The van der Waals surface area contributed by atoms with Crippen LogP contribution < -0.4 is 9.80 Å². The van der Waals surface area contributed by atoms with E-state index in [9.17, 15) is 13.2 Å². The summed E-state index contributed by atoms with van der Waals surface area (Å²) in [5.74, 6) is 0.120. The summed E-state index contributed by atoms with van der Waals surface area (Å²) in [5.41, 5.74) is 2.78. The fraction of sp³-hybridized carbons (Fsp3) is 0.364. The van der Waals surface area contributed by atoms with Crippen LogP contribution in [-0.4, -0.2) is 38.3 Å². The van der Waals surface area contributed by atoms with Crippen LogP contribution in [0.5, 0.6) is 0 Å². The molecule has 2 aliphatic heterocycles. The first-order chi connectivity index (χ1) is 14.5. The van der Waals surface area contributed by atoms with Crippen LogP contribution in [0.4, 0.5) is 11.4 Å². The lowest BCUT2D eigenvalue weighted by Gasteiger charge is -2.32. The van der Waals surface area contributed by atoms with E-state index in [0.717, 1.165) is 31.4 Å². The predicted octanol–water partition coefficient (Wildman–Crippen LogP) is 4.06. The monoisotopic (exact) mass is 443 g/mol. The van der Waals surface area contributed by atoms with Crippen LogP contribution in [0.2, 0.25) is 0 Å². The van der Waals surface area contributed by atoms with Crippen molar-refractivity contribution in [3.8, 4) is 0 Å². The number of nitrogens with zero attached hydrogens (tertiary/aromatic N) is 3. The standard InChI is InChI=1S/C22H25N3O3S2/c1-2-3-14-25-19-12-6-7-13-20(19)30(27,28)23-22(25)29-16-21(26)24-15-8-10-17-9-4-5-11-18(17)24/h4-7,9,11-13H,2-3,8,10,14-16H2,1H3. The van der Waals surface area contributed by atoms with Gasteiger partial charge >= 0.3 is 0 Å². The summed E-state index contributed by atoms with van der Waals surface area (Å²) >= 11 is 1.20. The van der Waals surface area contributed by atoms with Crippen molar-refractivity contribution < 1.29 is 13.2 Å². The topological polar surface area (TPSA) is 70.1 Å². The lowest BCUT2D eigenvalue weighted by Crippen LogP contribution is -2.39. The third kappa shape index (κ3) is 4.11. The van der Waals surface area contributed by atoms with Crippen LogP contribution >= 0.6 is 11.8 Å². The van der Waals surface area contributed by atoms with Gasteiger partial charge in [-0.05, 0) is 43.0 Å². The highest BCUT2D eigenvalue weighted by Gasteiger charge is 2.31. The van der Waals surface area contributed by atoms with Gasteiger partial charge in [0.15, 0.2) is 5.17 Å². The molecule has 6 nitrogen and oxygen atoms in total. The van der Waals surface area contributed by atoms with Gasteiger partial charge in [0.25, 0.3) is 10.0 Å². The summed E-state index contributed by atoms with van der Waals surface area (Å²) in [6, 6.07) is 14.9. The van der Waals surface area contributed by atoms with Gasteiger partial charge in [0, 0.05) is 18.8 Å². The molecule has 0 saturated carbocycles. The van der Waals surface area contributed by atoms with Gasteiger partial charge in [0.05, 0.1) is 11.4 Å². The normalized spacial score (nSPS) is 17.2. The number of benzene rings is 2. The second kappa shape index (κ2) is 8.81. The molecule has 8 heteroatoms. The van der Waals surface area contributed by atoms with E-state index >= 15 is 0 Å². The Labute approximate surface area is 182 Å². The zero-order chi connectivity index (χ0) is 21.1. The Kier molecular flexibility index (Phi) is 6.15. The first-order valence-electron chi connectivity index (χ1n) is 10.2. The molecule has 2 aromatic carbocycles.